The summed E-state index contributed by atoms with van der Waals surface area (Å²) in [6.07, 6.45) is 1.79. The molecule has 0 spiro atoms. The largest absolute Gasteiger partial charge is 0.495 e. The van der Waals surface area contributed by atoms with E-state index < -0.39 is 0 Å². The number of anilines is 1. The summed E-state index contributed by atoms with van der Waals surface area (Å²) in [7, 11) is 3.25. The van der Waals surface area contributed by atoms with E-state index in [0.717, 1.165) is 25.9 Å². The van der Waals surface area contributed by atoms with Crippen LogP contribution in [0, 0.1) is 0 Å². The first kappa shape index (κ1) is 15.1. The van der Waals surface area contributed by atoms with Crippen LogP contribution in [0.25, 0.3) is 0 Å². The number of methoxy groups -OCH3 is 2. The van der Waals surface area contributed by atoms with Crippen LogP contribution in [0.1, 0.15) is 5.56 Å². The predicted molar refractivity (Wildman–Crippen MR) is 86.5 cm³/mol. The molecule has 106 valence electrons. The fourth-order valence-electron chi connectivity index (χ4n) is 1.65. The highest BCUT2D eigenvalue weighted by atomic mass is 79.9. The number of hydrogen-bond acceptors (Lipinski definition) is 4. The third-order valence-corrected chi connectivity index (χ3v) is 4.01. The molecular weight excluding hydrogens is 388 g/mol. The summed E-state index contributed by atoms with van der Waals surface area (Å²) in [5.41, 5.74) is 2.03. The van der Waals surface area contributed by atoms with Crippen molar-refractivity contribution in [1.29, 1.82) is 0 Å². The first-order valence-electron chi connectivity index (χ1n) is 5.90. The summed E-state index contributed by atoms with van der Waals surface area (Å²) in [5.74, 6) is 1.39. The highest BCUT2D eigenvalue weighted by Crippen LogP contribution is 2.34. The highest BCUT2D eigenvalue weighted by Gasteiger charge is 2.07. The third-order valence-electron chi connectivity index (χ3n) is 2.73. The summed E-state index contributed by atoms with van der Waals surface area (Å²) in [5, 5.41) is 3.34. The Morgan fingerprint density at radius 1 is 1.10 bits per heavy atom. The Hall–Kier alpha value is -1.27. The fraction of sp³-hybridized carbons (Fsp3) is 0.214. The van der Waals surface area contributed by atoms with Crippen molar-refractivity contribution in [3.8, 4) is 11.6 Å². The molecule has 2 rings (SSSR count). The minimum absolute atomic E-state index is 0.611. The maximum absolute atomic E-state index is 5.29. The number of rotatable bonds is 5. The molecule has 0 saturated carbocycles. The Kier molecular flexibility index (Phi) is 5.25. The van der Waals surface area contributed by atoms with E-state index in [2.05, 4.69) is 42.2 Å². The first-order valence-corrected chi connectivity index (χ1v) is 7.48. The molecule has 0 fully saturated rings. The van der Waals surface area contributed by atoms with Crippen LogP contribution in [0.2, 0.25) is 0 Å². The Labute approximate surface area is 134 Å². The molecule has 2 aromatic rings. The van der Waals surface area contributed by atoms with Gasteiger partial charge in [-0.15, -0.1) is 0 Å². The molecule has 0 radical (unpaired) electrons. The molecule has 0 atom stereocenters. The van der Waals surface area contributed by atoms with Crippen molar-refractivity contribution in [2.45, 2.75) is 6.54 Å². The van der Waals surface area contributed by atoms with Crippen molar-refractivity contribution in [2.75, 3.05) is 19.5 Å². The van der Waals surface area contributed by atoms with Gasteiger partial charge in [-0.05, 0) is 43.5 Å². The van der Waals surface area contributed by atoms with Crippen LogP contribution in [-0.4, -0.2) is 19.2 Å². The molecule has 1 aromatic carbocycles. The maximum atomic E-state index is 5.29. The second-order valence-corrected chi connectivity index (χ2v) is 5.74. The molecule has 20 heavy (non-hydrogen) atoms. The van der Waals surface area contributed by atoms with E-state index in [9.17, 15) is 0 Å². The highest BCUT2D eigenvalue weighted by molar-refractivity contribution is 9.11. The smallest absolute Gasteiger partial charge is 0.212 e. The van der Waals surface area contributed by atoms with Crippen LogP contribution in [0.5, 0.6) is 11.6 Å². The van der Waals surface area contributed by atoms with Crippen LogP contribution in [0.4, 0.5) is 5.69 Å². The Bertz CT molecular complexity index is 588. The number of aromatic nitrogens is 1. The molecule has 0 aliphatic heterocycles. The number of nitrogens with one attached hydrogen (secondary N) is 1. The van der Waals surface area contributed by atoms with E-state index in [1.54, 1.807) is 20.4 Å². The molecule has 1 N–H and O–H groups in total. The normalized spacial score (nSPS) is 10.2. The Morgan fingerprint density at radius 3 is 2.50 bits per heavy atom. The zero-order valence-corrected chi connectivity index (χ0v) is 14.3. The topological polar surface area (TPSA) is 43.4 Å². The summed E-state index contributed by atoms with van der Waals surface area (Å²) in [6.45, 7) is 0.667. The van der Waals surface area contributed by atoms with Crippen molar-refractivity contribution in [2.24, 2.45) is 0 Å². The summed E-state index contributed by atoms with van der Waals surface area (Å²) < 4.78 is 12.2. The van der Waals surface area contributed by atoms with Crippen LogP contribution < -0.4 is 14.8 Å². The average Bonchev–Trinajstić information content (AvgIpc) is 2.47. The van der Waals surface area contributed by atoms with Crippen LogP contribution in [-0.2, 0) is 6.54 Å². The number of benzene rings is 1. The molecule has 0 aliphatic carbocycles. The van der Waals surface area contributed by atoms with Crippen molar-refractivity contribution in [3.63, 3.8) is 0 Å². The van der Waals surface area contributed by atoms with Gasteiger partial charge in [0.25, 0.3) is 0 Å². The molecule has 0 unspecified atom stereocenters. The van der Waals surface area contributed by atoms with Gasteiger partial charge in [-0.3, -0.25) is 0 Å². The lowest BCUT2D eigenvalue weighted by atomic mass is 10.2. The standard InChI is InChI=1S/C14H14Br2N2O2/c1-19-13-6-12(10(15)5-11(13)16)17-7-9-3-4-14(20-2)18-8-9/h3-6,8,17H,7H2,1-2H3. The molecule has 4 nitrogen and oxygen atoms in total. The van der Waals surface area contributed by atoms with Crippen LogP contribution in [0.15, 0.2) is 39.4 Å². The van der Waals surface area contributed by atoms with Crippen molar-refractivity contribution in [3.05, 3.63) is 45.0 Å². The monoisotopic (exact) mass is 400 g/mol. The van der Waals surface area contributed by atoms with Gasteiger partial charge in [0.15, 0.2) is 0 Å². The zero-order valence-electron chi connectivity index (χ0n) is 11.1. The van der Waals surface area contributed by atoms with E-state index >= 15 is 0 Å². The Morgan fingerprint density at radius 2 is 1.90 bits per heavy atom. The number of halogens is 2. The SMILES string of the molecule is COc1ccc(CNc2cc(OC)c(Br)cc2Br)cn1. The van der Waals surface area contributed by atoms with Crippen molar-refractivity contribution < 1.29 is 9.47 Å². The molecule has 6 heteroatoms. The average molecular weight is 402 g/mol. The number of hydrogen-bond donors (Lipinski definition) is 1. The van der Waals surface area contributed by atoms with Crippen LogP contribution in [0.3, 0.4) is 0 Å². The minimum Gasteiger partial charge on any atom is -0.495 e. The van der Waals surface area contributed by atoms with Crippen molar-refractivity contribution >= 4 is 37.5 Å². The van der Waals surface area contributed by atoms with Gasteiger partial charge in [-0.1, -0.05) is 6.07 Å². The van der Waals surface area contributed by atoms with E-state index in [1.807, 2.05) is 24.3 Å². The third kappa shape index (κ3) is 3.64. The lowest BCUT2D eigenvalue weighted by molar-refractivity contribution is 0.397. The van der Waals surface area contributed by atoms with E-state index in [1.165, 1.54) is 0 Å². The summed E-state index contributed by atoms with van der Waals surface area (Å²) in [6, 6.07) is 7.70. The zero-order chi connectivity index (χ0) is 14.5. The molecule has 1 aromatic heterocycles. The van der Waals surface area contributed by atoms with Gasteiger partial charge in [0.2, 0.25) is 5.88 Å². The quantitative estimate of drug-likeness (QED) is 0.813. The van der Waals surface area contributed by atoms with Crippen molar-refractivity contribution in [1.82, 2.24) is 4.98 Å². The van der Waals surface area contributed by atoms with Gasteiger partial charge >= 0.3 is 0 Å². The fourth-order valence-corrected chi connectivity index (χ4v) is 2.95. The van der Waals surface area contributed by atoms with E-state index in [-0.39, 0.29) is 0 Å². The molecule has 0 bridgehead atoms. The van der Waals surface area contributed by atoms with E-state index in [0.29, 0.717) is 12.4 Å². The molecule has 0 aliphatic rings. The summed E-state index contributed by atoms with van der Waals surface area (Å²) >= 11 is 6.97. The first-order chi connectivity index (χ1) is 9.63. The van der Waals surface area contributed by atoms with Gasteiger partial charge in [0, 0.05) is 29.3 Å². The summed E-state index contributed by atoms with van der Waals surface area (Å²) in [4.78, 5) is 4.17. The Balaban J connectivity index is 2.09. The van der Waals surface area contributed by atoms with Gasteiger partial charge in [0.05, 0.1) is 24.4 Å². The minimum atomic E-state index is 0.611. The van der Waals surface area contributed by atoms with Crippen LogP contribution >= 0.6 is 31.9 Å². The predicted octanol–water partition coefficient (Wildman–Crippen LogP) is 4.24. The maximum Gasteiger partial charge on any atom is 0.212 e. The van der Waals surface area contributed by atoms with Gasteiger partial charge in [0.1, 0.15) is 5.75 Å². The number of pyridine rings is 1. The second kappa shape index (κ2) is 6.95. The molecule has 0 amide bonds. The molecular formula is C14H14Br2N2O2. The number of nitrogens with zero attached hydrogens (tertiary/aromatic N) is 1. The molecule has 0 saturated heterocycles. The van der Waals surface area contributed by atoms with Gasteiger partial charge < -0.3 is 14.8 Å². The number of ether oxygens (including phenoxy) is 2. The lowest BCUT2D eigenvalue weighted by Gasteiger charge is -2.12. The second-order valence-electron chi connectivity index (χ2n) is 4.03. The molecule has 1 heterocycles. The van der Waals surface area contributed by atoms with E-state index in [4.69, 9.17) is 9.47 Å². The van der Waals surface area contributed by atoms with Gasteiger partial charge in [-0.2, -0.15) is 0 Å². The lowest BCUT2D eigenvalue weighted by Crippen LogP contribution is -2.01. The van der Waals surface area contributed by atoms with Gasteiger partial charge in [-0.25, -0.2) is 4.98 Å².